The molecule has 101 heavy (non-hydrogen) atoms. The van der Waals surface area contributed by atoms with Gasteiger partial charge in [-0.1, -0.05) is 91.3 Å². The van der Waals surface area contributed by atoms with Gasteiger partial charge in [0.05, 0.1) is 29.5 Å². The van der Waals surface area contributed by atoms with Crippen LogP contribution in [0.25, 0.3) is 11.1 Å². The van der Waals surface area contributed by atoms with Gasteiger partial charge in [-0.2, -0.15) is 26.3 Å². The quantitative estimate of drug-likeness (QED) is 0.0394. The molecule has 6 aromatic carbocycles. The zero-order valence-corrected chi connectivity index (χ0v) is 59.7. The van der Waals surface area contributed by atoms with Crippen molar-refractivity contribution in [3.63, 3.8) is 0 Å². The maximum atomic E-state index is 14.3. The number of unbranched alkanes of at least 4 members (excludes halogenated alkanes) is 2. The molecule has 2 atom stereocenters. The molecule has 0 radical (unpaired) electrons. The minimum absolute atomic E-state index is 0. The molecule has 3 heterocycles. The van der Waals surface area contributed by atoms with Crippen LogP contribution in [0.4, 0.5) is 46.9 Å². The van der Waals surface area contributed by atoms with E-state index in [1.165, 1.54) is 24.3 Å². The molecular weight excluding hydrogens is 1380 g/mol. The third kappa shape index (κ3) is 20.7. The highest BCUT2D eigenvalue weighted by Crippen LogP contribution is 2.49. The van der Waals surface area contributed by atoms with Crippen molar-refractivity contribution in [2.45, 2.75) is 113 Å². The van der Waals surface area contributed by atoms with Gasteiger partial charge >= 0.3 is 18.4 Å². The lowest BCUT2D eigenvalue weighted by molar-refractivity contribution is -0.143. The number of amides is 5. The SMILES string of the molecule is Cc1cc(NCCCCCC(=O)N(C)CCN2CCC(OC(=O)Nc3ccccc3-c3ccccc3)CC2)ccc1C(=O)N(C)CCCN(C)C(=O)CO[C@H]1Cc2ccccc2C12CCN(CC[C@]1(c3ccc(F)cc3)CN(C(=O)c3cc(C(F)(F)F)cc(C(F)(F)F)c3)CO1)CC2.Cl.Cl.Cl. The topological polar surface area (TPSA) is 157 Å². The Kier molecular flexibility index (Phi) is 28.9. The molecule has 2 N–H and O–H groups in total. The number of carbonyl (C=O) groups excluding carboxylic acids is 5. The summed E-state index contributed by atoms with van der Waals surface area (Å²) in [6.07, 6.45) is -4.03. The maximum absolute atomic E-state index is 14.3. The van der Waals surface area contributed by atoms with Crippen LogP contribution in [0.1, 0.15) is 118 Å². The third-order valence-corrected chi connectivity index (χ3v) is 19.8. The number of likely N-dealkylation sites (tertiary alicyclic amines) is 2. The number of aryl methyl sites for hydroxylation is 1. The molecular formula is C75H90Cl3F7N8O8. The summed E-state index contributed by atoms with van der Waals surface area (Å²) in [5.74, 6) is -1.81. The number of anilines is 2. The summed E-state index contributed by atoms with van der Waals surface area (Å²) in [4.78, 5) is 77.7. The van der Waals surface area contributed by atoms with Gasteiger partial charge in [0.15, 0.2) is 0 Å². The predicted molar refractivity (Wildman–Crippen MR) is 382 cm³/mol. The van der Waals surface area contributed by atoms with E-state index in [0.717, 1.165) is 90.1 Å². The van der Waals surface area contributed by atoms with Crippen LogP contribution in [0.3, 0.4) is 0 Å². The molecule has 548 valence electrons. The van der Waals surface area contributed by atoms with Gasteiger partial charge in [-0.05, 0) is 160 Å². The molecule has 3 aliphatic heterocycles. The number of likely N-dealkylation sites (N-methyl/N-ethyl adjacent to an activating group) is 2. The van der Waals surface area contributed by atoms with Gasteiger partial charge in [-0.25, -0.2) is 9.18 Å². The molecule has 10 rings (SSSR count). The van der Waals surface area contributed by atoms with E-state index in [1.54, 1.807) is 28.8 Å². The van der Waals surface area contributed by atoms with E-state index in [1.807, 2.05) is 98.9 Å². The van der Waals surface area contributed by atoms with Crippen molar-refractivity contribution in [1.82, 2.24) is 29.4 Å². The molecule has 6 aromatic rings. The summed E-state index contributed by atoms with van der Waals surface area (Å²) in [6.45, 7) is 7.22. The van der Waals surface area contributed by atoms with E-state index in [-0.39, 0.29) is 92.8 Å². The van der Waals surface area contributed by atoms with Gasteiger partial charge in [-0.15, -0.1) is 37.2 Å². The number of hydrogen-bond donors (Lipinski definition) is 2. The van der Waals surface area contributed by atoms with Gasteiger partial charge in [0.25, 0.3) is 11.8 Å². The van der Waals surface area contributed by atoms with Gasteiger partial charge in [0.2, 0.25) is 11.8 Å². The lowest BCUT2D eigenvalue weighted by Gasteiger charge is -2.44. The fourth-order valence-electron chi connectivity index (χ4n) is 14.0. The van der Waals surface area contributed by atoms with Gasteiger partial charge in [0.1, 0.15) is 30.9 Å². The summed E-state index contributed by atoms with van der Waals surface area (Å²) in [7, 11) is 5.32. The predicted octanol–water partition coefficient (Wildman–Crippen LogP) is 14.6. The van der Waals surface area contributed by atoms with Crippen molar-refractivity contribution < 1.29 is 68.9 Å². The molecule has 0 unspecified atom stereocenters. The number of nitrogens with zero attached hydrogens (tertiary/aromatic N) is 6. The largest absolute Gasteiger partial charge is 0.446 e. The summed E-state index contributed by atoms with van der Waals surface area (Å²) < 4.78 is 116. The minimum atomic E-state index is -5.15. The van der Waals surface area contributed by atoms with Gasteiger partial charge in [-0.3, -0.25) is 24.5 Å². The van der Waals surface area contributed by atoms with E-state index >= 15 is 0 Å². The number of alkyl halides is 6. The number of hydrogen-bond acceptors (Lipinski definition) is 11. The molecule has 4 aliphatic rings. The number of para-hydroxylation sites is 1. The summed E-state index contributed by atoms with van der Waals surface area (Å²) in [5, 5.41) is 6.39. The molecule has 3 saturated heterocycles. The van der Waals surface area contributed by atoms with Crippen molar-refractivity contribution in [3.05, 3.63) is 190 Å². The van der Waals surface area contributed by atoms with E-state index in [4.69, 9.17) is 14.2 Å². The molecule has 0 aromatic heterocycles. The average Bonchev–Trinajstić information content (AvgIpc) is 1.62. The number of fused-ring (bicyclic) bond motifs is 2. The lowest BCUT2D eigenvalue weighted by atomic mass is 9.72. The second-order valence-corrected chi connectivity index (χ2v) is 26.4. The number of nitrogens with one attached hydrogen (secondary N) is 2. The van der Waals surface area contributed by atoms with Crippen LogP contribution in [0.5, 0.6) is 0 Å². The Bertz CT molecular complexity index is 3720. The highest BCUT2D eigenvalue weighted by molar-refractivity contribution is 5.96. The van der Waals surface area contributed by atoms with Crippen LogP contribution >= 0.6 is 37.2 Å². The Balaban J connectivity index is 0.00000477. The zero-order chi connectivity index (χ0) is 69.8. The molecule has 26 heteroatoms. The highest BCUT2D eigenvalue weighted by atomic mass is 35.5. The number of ether oxygens (including phenoxy) is 3. The van der Waals surface area contributed by atoms with Gasteiger partial charge < -0.3 is 48.9 Å². The summed E-state index contributed by atoms with van der Waals surface area (Å²) >= 11 is 0. The van der Waals surface area contributed by atoms with Crippen LogP contribution < -0.4 is 10.6 Å². The number of piperidine rings is 2. The Labute approximate surface area is 604 Å². The summed E-state index contributed by atoms with van der Waals surface area (Å²) in [6, 6.07) is 37.7. The lowest BCUT2D eigenvalue weighted by Crippen LogP contribution is -2.50. The van der Waals surface area contributed by atoms with Crippen LogP contribution in [0.15, 0.2) is 140 Å². The van der Waals surface area contributed by atoms with E-state index < -0.39 is 64.6 Å². The zero-order valence-electron chi connectivity index (χ0n) is 57.2. The fraction of sp³-hybridized carbons (Fsp3) is 0.453. The van der Waals surface area contributed by atoms with Crippen molar-refractivity contribution in [2.75, 3.05) is 117 Å². The van der Waals surface area contributed by atoms with E-state index in [9.17, 15) is 54.7 Å². The molecule has 3 fully saturated rings. The number of carbonyl (C=O) groups is 5. The smallest absolute Gasteiger partial charge is 0.416 e. The molecule has 16 nitrogen and oxygen atoms in total. The monoisotopic (exact) mass is 1470 g/mol. The minimum Gasteiger partial charge on any atom is -0.446 e. The highest BCUT2D eigenvalue weighted by Gasteiger charge is 2.50. The van der Waals surface area contributed by atoms with Crippen LogP contribution in [-0.4, -0.2) is 178 Å². The average molecular weight is 1470 g/mol. The van der Waals surface area contributed by atoms with Crippen molar-refractivity contribution in [2.24, 2.45) is 0 Å². The molecule has 1 spiro atoms. The Morgan fingerprint density at radius 2 is 1.30 bits per heavy atom. The maximum Gasteiger partial charge on any atom is 0.416 e. The Hall–Kier alpha value is -7.51. The van der Waals surface area contributed by atoms with Crippen LogP contribution in [0.2, 0.25) is 0 Å². The Morgan fingerprint density at radius 3 is 1.98 bits per heavy atom. The normalized spacial score (nSPS) is 17.6. The Morgan fingerprint density at radius 1 is 0.663 bits per heavy atom. The summed E-state index contributed by atoms with van der Waals surface area (Å²) in [5.41, 5.74) is 2.08. The second-order valence-electron chi connectivity index (χ2n) is 26.4. The first kappa shape index (κ1) is 80.8. The molecule has 5 amide bonds. The fourth-order valence-corrected chi connectivity index (χ4v) is 14.0. The standard InChI is InChI=1S/C75H87F7N8O8.3ClH/c1-52-44-60(83-34-14-6-9-22-67(91)86(3)42-43-88-37-29-61(30-38-88)98-71(95)84-65-21-13-11-19-63(65)53-16-7-5-8-17-53)27-28-62(52)70(94)87(4)36-15-35-85(2)68(92)49-96-66-47-54-18-10-12-20-64(54)72(66)31-39-89(40-32-72)41-33-73(56-23-25-59(76)26-24-56)50-90(51-97-73)69(93)55-45-57(74(77,78)79)48-58(46-55)75(80,81)82;;;/h5,7-8,10-13,16-21,23-28,44-46,48,61,66,83H,6,9,14-15,22,29-43,47,49-51H2,1-4H3,(H,84,95);3*1H/t66-,73+;;;/m0.../s1. The van der Waals surface area contributed by atoms with Crippen molar-refractivity contribution in [3.8, 4) is 11.1 Å². The third-order valence-electron chi connectivity index (χ3n) is 19.8. The first-order valence-corrected chi connectivity index (χ1v) is 33.7. The van der Waals surface area contributed by atoms with Crippen LogP contribution in [-0.2, 0) is 53.6 Å². The van der Waals surface area contributed by atoms with Crippen LogP contribution in [0, 0.1) is 12.7 Å². The first-order valence-electron chi connectivity index (χ1n) is 33.7. The van der Waals surface area contributed by atoms with Crippen molar-refractivity contribution in [1.29, 1.82) is 0 Å². The molecule has 1 aliphatic carbocycles. The molecule has 0 bridgehead atoms. The second kappa shape index (κ2) is 36.1. The van der Waals surface area contributed by atoms with Crippen molar-refractivity contribution >= 4 is 78.3 Å². The number of benzene rings is 6. The number of halogens is 10. The van der Waals surface area contributed by atoms with E-state index in [0.29, 0.717) is 107 Å². The molecule has 0 saturated carbocycles. The first-order chi connectivity index (χ1) is 46.9. The van der Waals surface area contributed by atoms with Gasteiger partial charge in [0, 0.05) is 108 Å². The number of rotatable bonds is 26. The van der Waals surface area contributed by atoms with E-state index in [2.05, 4.69) is 32.6 Å².